The third-order valence-corrected chi connectivity index (χ3v) is 7.03. The Labute approximate surface area is 138 Å². The smallest absolute Gasteiger partial charge is 0.126 e. The van der Waals surface area contributed by atoms with Crippen LogP contribution in [0.15, 0.2) is 18.2 Å². The first-order chi connectivity index (χ1) is 10.9. The number of hydrogen-bond acceptors (Lipinski definition) is 2. The van der Waals surface area contributed by atoms with Crippen LogP contribution in [0.1, 0.15) is 56.6 Å². The van der Waals surface area contributed by atoms with Crippen LogP contribution in [0.3, 0.4) is 0 Å². The Morgan fingerprint density at radius 1 is 1.30 bits per heavy atom. The highest BCUT2D eigenvalue weighted by Crippen LogP contribution is 2.64. The van der Waals surface area contributed by atoms with Crippen LogP contribution < -0.4 is 0 Å². The van der Waals surface area contributed by atoms with Gasteiger partial charge in [-0.25, -0.2) is 0 Å². The summed E-state index contributed by atoms with van der Waals surface area (Å²) in [5, 5.41) is 20.5. The summed E-state index contributed by atoms with van der Waals surface area (Å²) in [5.74, 6) is 5.29. The number of terminal acetylenes is 1. The highest BCUT2D eigenvalue weighted by atomic mass is 16.3. The van der Waals surface area contributed by atoms with E-state index in [1.165, 1.54) is 11.1 Å². The van der Waals surface area contributed by atoms with Gasteiger partial charge in [-0.2, -0.15) is 0 Å². The van der Waals surface area contributed by atoms with E-state index in [9.17, 15) is 10.2 Å². The van der Waals surface area contributed by atoms with Gasteiger partial charge in [0.15, 0.2) is 0 Å². The Morgan fingerprint density at radius 2 is 2.09 bits per heavy atom. The first-order valence-corrected chi connectivity index (χ1v) is 8.87. The average molecular weight is 310 g/mol. The fourth-order valence-corrected chi connectivity index (χ4v) is 6.39. The maximum atomic E-state index is 10.7. The predicted octanol–water partition coefficient (Wildman–Crippen LogP) is 3.86. The van der Waals surface area contributed by atoms with E-state index in [-0.39, 0.29) is 5.41 Å². The Kier molecular flexibility index (Phi) is 3.13. The van der Waals surface area contributed by atoms with Crippen LogP contribution in [0.5, 0.6) is 5.75 Å². The lowest BCUT2D eigenvalue weighted by Crippen LogP contribution is -2.43. The van der Waals surface area contributed by atoms with Gasteiger partial charge in [0.05, 0.1) is 0 Å². The number of fused-ring (bicyclic) bond motifs is 5. The number of hydrogen-bond donors (Lipinski definition) is 2. The second-order valence-electron chi connectivity index (χ2n) is 8.61. The number of phenolic OH excluding ortho intramolecular Hbond substituents is 1. The molecule has 0 spiro atoms. The van der Waals surface area contributed by atoms with Crippen molar-refractivity contribution in [2.24, 2.45) is 23.2 Å². The molecule has 0 unspecified atom stereocenters. The van der Waals surface area contributed by atoms with Gasteiger partial charge in [0.25, 0.3) is 0 Å². The van der Waals surface area contributed by atoms with Gasteiger partial charge in [0.1, 0.15) is 11.4 Å². The molecule has 3 aliphatic carbocycles. The van der Waals surface area contributed by atoms with E-state index in [0.717, 1.165) is 32.1 Å². The van der Waals surface area contributed by atoms with Crippen molar-refractivity contribution in [3.8, 4) is 18.1 Å². The molecular formula is C21H26O2. The molecular weight excluding hydrogens is 284 g/mol. The first-order valence-electron chi connectivity index (χ1n) is 8.87. The Bertz CT molecular complexity index is 688. The van der Waals surface area contributed by atoms with Crippen molar-refractivity contribution in [2.45, 2.75) is 57.5 Å². The number of phenols is 1. The van der Waals surface area contributed by atoms with Crippen molar-refractivity contribution < 1.29 is 10.2 Å². The summed E-state index contributed by atoms with van der Waals surface area (Å²) in [6, 6.07) is 5.90. The Balaban J connectivity index is 1.75. The molecule has 1 aromatic rings. The van der Waals surface area contributed by atoms with Crippen LogP contribution in [0, 0.1) is 35.5 Å². The number of benzene rings is 1. The molecule has 122 valence electrons. The minimum absolute atomic E-state index is 0.163. The lowest BCUT2D eigenvalue weighted by Gasteiger charge is -2.52. The SMILES string of the molecule is C#C[C@@]1(O)C[C@H]2[C@@H]3CCc4cc(O)ccc4[C@H]3[C@@H](C)C[C@]2(C)C1. The zero-order valence-electron chi connectivity index (χ0n) is 14.0. The molecule has 2 heteroatoms. The molecule has 0 saturated heterocycles. The van der Waals surface area contributed by atoms with Crippen molar-refractivity contribution in [2.75, 3.05) is 0 Å². The number of aliphatic hydroxyl groups is 1. The number of rotatable bonds is 0. The first kappa shape index (κ1) is 15.1. The summed E-state index contributed by atoms with van der Waals surface area (Å²) in [6.45, 7) is 4.69. The second-order valence-corrected chi connectivity index (χ2v) is 8.61. The molecule has 0 radical (unpaired) electrons. The van der Waals surface area contributed by atoms with E-state index in [0.29, 0.717) is 29.4 Å². The molecule has 2 fully saturated rings. The molecule has 4 rings (SSSR count). The lowest BCUT2D eigenvalue weighted by molar-refractivity contribution is 0.0233. The van der Waals surface area contributed by atoms with Gasteiger partial charge in [-0.05, 0) is 84.5 Å². The molecule has 6 atom stereocenters. The van der Waals surface area contributed by atoms with Crippen LogP contribution in [0.2, 0.25) is 0 Å². The normalized spacial score (nSPS) is 44.8. The largest absolute Gasteiger partial charge is 0.508 e. The zero-order chi connectivity index (χ0) is 16.4. The summed E-state index contributed by atoms with van der Waals surface area (Å²) >= 11 is 0. The minimum Gasteiger partial charge on any atom is -0.508 e. The van der Waals surface area contributed by atoms with Crippen molar-refractivity contribution in [1.29, 1.82) is 0 Å². The fourth-order valence-electron chi connectivity index (χ4n) is 6.39. The van der Waals surface area contributed by atoms with Gasteiger partial charge in [-0.1, -0.05) is 25.8 Å². The molecule has 0 aromatic heterocycles. The van der Waals surface area contributed by atoms with Gasteiger partial charge in [-0.15, -0.1) is 6.42 Å². The highest BCUT2D eigenvalue weighted by Gasteiger charge is 2.58. The number of aryl methyl sites for hydroxylation is 1. The summed E-state index contributed by atoms with van der Waals surface area (Å²) < 4.78 is 0. The van der Waals surface area contributed by atoms with Gasteiger partial charge in [0, 0.05) is 0 Å². The van der Waals surface area contributed by atoms with E-state index in [1.54, 1.807) is 0 Å². The summed E-state index contributed by atoms with van der Waals surface area (Å²) in [4.78, 5) is 0. The standard InChI is InChI=1S/C21H26O2/c1-4-21(23)11-18-17-7-5-14-9-15(22)6-8-16(14)19(17)13(2)10-20(18,3)12-21/h1,6,8-9,13,17-19,22-23H,5,7,10-12H2,2-3H3/t13-,17-,18-,19+,20+,21+/m0/s1. The third kappa shape index (κ3) is 2.13. The fraction of sp³-hybridized carbons (Fsp3) is 0.619. The van der Waals surface area contributed by atoms with Gasteiger partial charge in [0.2, 0.25) is 0 Å². The Hall–Kier alpha value is -1.46. The van der Waals surface area contributed by atoms with Crippen LogP contribution in [0.25, 0.3) is 0 Å². The maximum Gasteiger partial charge on any atom is 0.126 e. The van der Waals surface area contributed by atoms with E-state index < -0.39 is 5.60 Å². The molecule has 0 aliphatic heterocycles. The van der Waals surface area contributed by atoms with E-state index in [4.69, 9.17) is 6.42 Å². The molecule has 3 aliphatic rings. The van der Waals surface area contributed by atoms with Crippen LogP contribution >= 0.6 is 0 Å². The second kappa shape index (κ2) is 4.77. The van der Waals surface area contributed by atoms with Gasteiger partial charge >= 0.3 is 0 Å². The Morgan fingerprint density at radius 3 is 2.83 bits per heavy atom. The zero-order valence-corrected chi connectivity index (χ0v) is 14.0. The van der Waals surface area contributed by atoms with E-state index >= 15 is 0 Å². The van der Waals surface area contributed by atoms with Crippen LogP contribution in [0.4, 0.5) is 0 Å². The molecule has 1 aromatic carbocycles. The van der Waals surface area contributed by atoms with Gasteiger partial charge < -0.3 is 10.2 Å². The van der Waals surface area contributed by atoms with Crippen molar-refractivity contribution in [1.82, 2.24) is 0 Å². The van der Waals surface area contributed by atoms with Crippen LogP contribution in [-0.4, -0.2) is 15.8 Å². The molecule has 0 heterocycles. The molecule has 2 N–H and O–H groups in total. The van der Waals surface area contributed by atoms with E-state index in [2.05, 4.69) is 25.8 Å². The lowest BCUT2D eigenvalue weighted by atomic mass is 9.52. The predicted molar refractivity (Wildman–Crippen MR) is 91.1 cm³/mol. The monoisotopic (exact) mass is 310 g/mol. The summed E-state index contributed by atoms with van der Waals surface area (Å²) in [5.41, 5.74) is 1.98. The number of aromatic hydroxyl groups is 1. The quantitative estimate of drug-likeness (QED) is 0.714. The van der Waals surface area contributed by atoms with Crippen molar-refractivity contribution in [3.63, 3.8) is 0 Å². The molecule has 0 amide bonds. The van der Waals surface area contributed by atoms with Crippen LogP contribution in [-0.2, 0) is 6.42 Å². The van der Waals surface area contributed by atoms with Crippen molar-refractivity contribution >= 4 is 0 Å². The molecule has 23 heavy (non-hydrogen) atoms. The minimum atomic E-state index is -0.913. The van der Waals surface area contributed by atoms with Crippen molar-refractivity contribution in [3.05, 3.63) is 29.3 Å². The van der Waals surface area contributed by atoms with Gasteiger partial charge in [-0.3, -0.25) is 0 Å². The average Bonchev–Trinajstić information content (AvgIpc) is 2.78. The highest BCUT2D eigenvalue weighted by molar-refractivity contribution is 5.40. The van der Waals surface area contributed by atoms with E-state index in [1.807, 2.05) is 12.1 Å². The molecule has 2 nitrogen and oxygen atoms in total. The topological polar surface area (TPSA) is 40.5 Å². The summed E-state index contributed by atoms with van der Waals surface area (Å²) in [7, 11) is 0. The third-order valence-electron chi connectivity index (χ3n) is 7.03. The maximum absolute atomic E-state index is 10.7. The summed E-state index contributed by atoms with van der Waals surface area (Å²) in [6.07, 6.45) is 10.4. The molecule has 2 saturated carbocycles. The molecule has 0 bridgehead atoms.